The number of aliphatic carboxylic acids is 1. The average Bonchev–Trinajstić information content (AvgIpc) is 2.57. The second kappa shape index (κ2) is 7.88. The fraction of sp³-hybridized carbons (Fsp3) is 0.176. The number of rotatable bonds is 6. The van der Waals surface area contributed by atoms with Crippen molar-refractivity contribution >= 4 is 56.6 Å². The van der Waals surface area contributed by atoms with Gasteiger partial charge in [0.25, 0.3) is 0 Å². The number of benzene rings is 2. The topological polar surface area (TPSA) is 124 Å². The molecule has 0 saturated heterocycles. The van der Waals surface area contributed by atoms with Crippen LogP contribution in [0.5, 0.6) is 5.75 Å². The van der Waals surface area contributed by atoms with Crippen LogP contribution in [0.3, 0.4) is 0 Å². The first-order valence-electron chi connectivity index (χ1n) is 7.53. The van der Waals surface area contributed by atoms with Crippen LogP contribution in [0.4, 0.5) is 0 Å². The molecule has 0 aliphatic heterocycles. The van der Waals surface area contributed by atoms with Gasteiger partial charge >= 0.3 is 5.97 Å². The molecule has 28 heavy (non-hydrogen) atoms. The zero-order valence-corrected chi connectivity index (χ0v) is 17.6. The van der Waals surface area contributed by atoms with Gasteiger partial charge in [0.15, 0.2) is 11.4 Å². The van der Waals surface area contributed by atoms with Gasteiger partial charge in [0.2, 0.25) is 10.0 Å². The van der Waals surface area contributed by atoms with Crippen molar-refractivity contribution in [1.29, 1.82) is 0 Å². The van der Waals surface area contributed by atoms with Crippen LogP contribution in [-0.2, 0) is 14.8 Å². The molecule has 3 N–H and O–H groups in total. The minimum Gasteiger partial charge on any atom is -0.478 e. The van der Waals surface area contributed by atoms with E-state index in [2.05, 4.69) is 0 Å². The molecule has 2 aromatic carbocycles. The van der Waals surface area contributed by atoms with Gasteiger partial charge in [0, 0.05) is 11.1 Å². The highest BCUT2D eigenvalue weighted by Gasteiger charge is 2.31. The molecule has 0 spiro atoms. The summed E-state index contributed by atoms with van der Waals surface area (Å²) in [6.07, 6.45) is 0. The summed E-state index contributed by atoms with van der Waals surface area (Å²) in [5.41, 5.74) is -1.67. The van der Waals surface area contributed by atoms with Gasteiger partial charge < -0.3 is 9.84 Å². The molecule has 0 saturated carbocycles. The largest absolute Gasteiger partial charge is 0.478 e. The van der Waals surface area contributed by atoms with Gasteiger partial charge in [-0.1, -0.05) is 34.8 Å². The van der Waals surface area contributed by atoms with E-state index in [0.717, 1.165) is 6.07 Å². The molecule has 0 bridgehead atoms. The Labute approximate surface area is 176 Å². The highest BCUT2D eigenvalue weighted by atomic mass is 35.5. The average molecular weight is 467 g/mol. The summed E-state index contributed by atoms with van der Waals surface area (Å²) in [6, 6.07) is 6.14. The summed E-state index contributed by atoms with van der Waals surface area (Å²) in [5.74, 6) is -1.90. The number of primary sulfonamides is 1. The molecular weight excluding hydrogens is 453 g/mol. The molecule has 150 valence electrons. The Balaban J connectivity index is 2.49. The zero-order valence-electron chi connectivity index (χ0n) is 14.5. The summed E-state index contributed by atoms with van der Waals surface area (Å²) in [4.78, 5) is 23.5. The highest BCUT2D eigenvalue weighted by Crippen LogP contribution is 2.37. The molecule has 7 nitrogen and oxygen atoms in total. The van der Waals surface area contributed by atoms with E-state index in [1.54, 1.807) is 0 Å². The fourth-order valence-electron chi connectivity index (χ4n) is 2.12. The van der Waals surface area contributed by atoms with Crippen molar-refractivity contribution in [1.82, 2.24) is 0 Å². The van der Waals surface area contributed by atoms with Crippen molar-refractivity contribution in [3.63, 3.8) is 0 Å². The highest BCUT2D eigenvalue weighted by molar-refractivity contribution is 7.89. The van der Waals surface area contributed by atoms with Crippen LogP contribution in [0, 0.1) is 0 Å². The molecular formula is C17H14Cl3NO6S. The number of hydrogen-bond donors (Lipinski definition) is 2. The van der Waals surface area contributed by atoms with Crippen molar-refractivity contribution in [2.45, 2.75) is 24.3 Å². The lowest BCUT2D eigenvalue weighted by Crippen LogP contribution is -2.38. The number of nitrogens with two attached hydrogens (primary N) is 1. The number of hydrogen-bond acceptors (Lipinski definition) is 5. The summed E-state index contributed by atoms with van der Waals surface area (Å²) in [7, 11) is -4.14. The van der Waals surface area contributed by atoms with E-state index in [-0.39, 0.29) is 31.9 Å². The van der Waals surface area contributed by atoms with Gasteiger partial charge in [0.1, 0.15) is 15.7 Å². The quantitative estimate of drug-likeness (QED) is 0.625. The van der Waals surface area contributed by atoms with E-state index in [9.17, 15) is 18.0 Å². The maximum Gasteiger partial charge on any atom is 0.347 e. The molecule has 0 unspecified atom stereocenters. The Morgan fingerprint density at radius 1 is 1.07 bits per heavy atom. The van der Waals surface area contributed by atoms with E-state index in [1.807, 2.05) is 0 Å². The van der Waals surface area contributed by atoms with Gasteiger partial charge in [0.05, 0.1) is 10.0 Å². The molecule has 0 atom stereocenters. The Morgan fingerprint density at radius 3 is 2.21 bits per heavy atom. The minimum absolute atomic E-state index is 0.0306. The van der Waals surface area contributed by atoms with Crippen LogP contribution in [0.1, 0.15) is 29.8 Å². The first kappa shape index (κ1) is 22.4. The first-order chi connectivity index (χ1) is 12.8. The lowest BCUT2D eigenvalue weighted by atomic mass is 10.0. The summed E-state index contributed by atoms with van der Waals surface area (Å²) < 4.78 is 28.5. The lowest BCUT2D eigenvalue weighted by molar-refractivity contribution is -0.152. The number of sulfonamides is 1. The van der Waals surface area contributed by atoms with Crippen molar-refractivity contribution in [2.75, 3.05) is 0 Å². The van der Waals surface area contributed by atoms with Crippen molar-refractivity contribution < 1.29 is 27.9 Å². The van der Waals surface area contributed by atoms with Gasteiger partial charge in [-0.3, -0.25) is 4.79 Å². The van der Waals surface area contributed by atoms with Crippen LogP contribution in [0.2, 0.25) is 15.1 Å². The minimum atomic E-state index is -4.14. The molecule has 0 aromatic heterocycles. The Morgan fingerprint density at radius 2 is 1.68 bits per heavy atom. The maximum absolute atomic E-state index is 12.8. The van der Waals surface area contributed by atoms with Crippen LogP contribution in [0.15, 0.2) is 35.2 Å². The van der Waals surface area contributed by atoms with Gasteiger partial charge in [-0.25, -0.2) is 18.4 Å². The molecule has 11 heteroatoms. The monoisotopic (exact) mass is 465 g/mol. The Kier molecular flexibility index (Phi) is 6.32. The normalized spacial score (nSPS) is 11.9. The third kappa shape index (κ3) is 4.59. The molecule has 0 radical (unpaired) electrons. The van der Waals surface area contributed by atoms with E-state index in [4.69, 9.17) is 49.8 Å². The lowest BCUT2D eigenvalue weighted by Gasteiger charge is -2.22. The maximum atomic E-state index is 12.8. The molecule has 2 rings (SSSR count). The Bertz CT molecular complexity index is 1080. The van der Waals surface area contributed by atoms with E-state index < -0.39 is 32.3 Å². The second-order valence-electron chi connectivity index (χ2n) is 6.18. The van der Waals surface area contributed by atoms with Crippen molar-refractivity contribution in [2.24, 2.45) is 5.14 Å². The number of halogens is 3. The number of carboxylic acid groups (broad SMARTS) is 1. The van der Waals surface area contributed by atoms with Crippen LogP contribution in [0.25, 0.3) is 0 Å². The molecule has 0 fully saturated rings. The van der Waals surface area contributed by atoms with Gasteiger partial charge in [-0.15, -0.1) is 0 Å². The molecule has 2 aromatic rings. The van der Waals surface area contributed by atoms with Crippen LogP contribution >= 0.6 is 34.8 Å². The summed E-state index contributed by atoms with van der Waals surface area (Å²) >= 11 is 18.1. The summed E-state index contributed by atoms with van der Waals surface area (Å²) in [6.45, 7) is 2.64. The van der Waals surface area contributed by atoms with E-state index in [1.165, 1.54) is 38.1 Å². The van der Waals surface area contributed by atoms with Gasteiger partial charge in [-0.2, -0.15) is 0 Å². The third-order valence-corrected chi connectivity index (χ3v) is 5.93. The van der Waals surface area contributed by atoms with Crippen molar-refractivity contribution in [3.05, 3.63) is 56.5 Å². The third-order valence-electron chi connectivity index (χ3n) is 3.67. The molecule has 0 amide bonds. The predicted molar refractivity (Wildman–Crippen MR) is 105 cm³/mol. The standard InChI is InChI=1S/C17H14Cl3NO6S/c1-17(2,16(23)24)27-11-6-4-9(13(19)14(11)20)15(22)8-3-5-10(18)12(7-8)28(21,25)26/h3-7H,1-2H3,(H,23,24)(H2,21,25,26). The predicted octanol–water partition coefficient (Wildman–Crippen LogP) is 3.77. The molecule has 0 aliphatic carbocycles. The number of ketones is 1. The van der Waals surface area contributed by atoms with E-state index >= 15 is 0 Å². The molecule has 0 aliphatic rings. The number of carbonyl (C=O) groups is 2. The zero-order chi connectivity index (χ0) is 21.4. The fourth-order valence-corrected chi connectivity index (χ4v) is 3.64. The smallest absolute Gasteiger partial charge is 0.347 e. The van der Waals surface area contributed by atoms with Gasteiger partial charge in [-0.05, 0) is 44.2 Å². The number of ether oxygens (including phenoxy) is 1. The molecule has 0 heterocycles. The van der Waals surface area contributed by atoms with Crippen molar-refractivity contribution in [3.8, 4) is 5.75 Å². The summed E-state index contributed by atoms with van der Waals surface area (Å²) in [5, 5.41) is 13.7. The number of carboxylic acids is 1. The van der Waals surface area contributed by atoms with Crippen LogP contribution < -0.4 is 9.88 Å². The van der Waals surface area contributed by atoms with Crippen LogP contribution in [-0.4, -0.2) is 30.9 Å². The van der Waals surface area contributed by atoms with E-state index in [0.29, 0.717) is 0 Å². The second-order valence-corrected chi connectivity index (χ2v) is 8.87. The Hall–Kier alpha value is -1.84. The SMILES string of the molecule is CC(C)(Oc1ccc(C(=O)c2ccc(Cl)c(S(N)(=O)=O)c2)c(Cl)c1Cl)C(=O)O. The number of carbonyl (C=O) groups excluding carboxylic acids is 1. The first-order valence-corrected chi connectivity index (χ1v) is 10.2.